The van der Waals surface area contributed by atoms with Crippen LogP contribution in [-0.2, 0) is 0 Å². The number of amides is 1. The molecule has 156 valence electrons. The lowest BCUT2D eigenvalue weighted by Gasteiger charge is -2.17. The Labute approximate surface area is 175 Å². The van der Waals surface area contributed by atoms with Gasteiger partial charge in [0.2, 0.25) is 0 Å². The second kappa shape index (κ2) is 9.26. The van der Waals surface area contributed by atoms with Crippen molar-refractivity contribution in [3.63, 3.8) is 0 Å². The summed E-state index contributed by atoms with van der Waals surface area (Å²) >= 11 is 0. The second-order valence-electron chi connectivity index (χ2n) is 7.44. The first-order valence-corrected chi connectivity index (χ1v) is 9.87. The highest BCUT2D eigenvalue weighted by Gasteiger charge is 2.16. The summed E-state index contributed by atoms with van der Waals surface area (Å²) in [7, 11) is 0. The van der Waals surface area contributed by atoms with Crippen LogP contribution >= 0.6 is 0 Å². The molecule has 30 heavy (non-hydrogen) atoms. The summed E-state index contributed by atoms with van der Waals surface area (Å²) in [6.07, 6.45) is 1.38. The summed E-state index contributed by atoms with van der Waals surface area (Å²) in [6.45, 7) is 7.56. The van der Waals surface area contributed by atoms with Gasteiger partial charge < -0.3 is 15.4 Å². The topological polar surface area (TPSA) is 85.2 Å². The summed E-state index contributed by atoms with van der Waals surface area (Å²) in [5.74, 6) is 0.169. The molecule has 0 radical (unpaired) electrons. The molecule has 0 saturated heterocycles. The summed E-state index contributed by atoms with van der Waals surface area (Å²) < 4.78 is 7.11. The van der Waals surface area contributed by atoms with Crippen LogP contribution < -0.4 is 20.9 Å². The predicted octanol–water partition coefficient (Wildman–Crippen LogP) is 3.90. The maximum Gasteiger partial charge on any atom is 0.299 e. The first-order chi connectivity index (χ1) is 14.3. The van der Waals surface area contributed by atoms with E-state index in [0.717, 1.165) is 0 Å². The van der Waals surface area contributed by atoms with Crippen molar-refractivity contribution in [2.75, 3.05) is 5.32 Å². The van der Waals surface area contributed by atoms with Crippen LogP contribution in [-0.4, -0.2) is 27.8 Å². The molecule has 0 aliphatic carbocycles. The summed E-state index contributed by atoms with van der Waals surface area (Å²) in [5.41, 5.74) is 1.65. The van der Waals surface area contributed by atoms with Crippen LogP contribution in [0.15, 0.2) is 65.6 Å². The average molecular weight is 406 g/mol. The van der Waals surface area contributed by atoms with Gasteiger partial charge in [0, 0.05) is 17.3 Å². The zero-order valence-electron chi connectivity index (χ0n) is 17.5. The number of carbonyl (C=O) groups excluding carboxylic acids is 1. The van der Waals surface area contributed by atoms with E-state index in [2.05, 4.69) is 15.7 Å². The largest absolute Gasteiger partial charge is 0.487 e. The molecule has 2 aromatic carbocycles. The Kier molecular flexibility index (Phi) is 6.51. The van der Waals surface area contributed by atoms with Gasteiger partial charge in [-0.2, -0.15) is 9.78 Å². The Bertz CT molecular complexity index is 1080. The molecule has 0 spiro atoms. The van der Waals surface area contributed by atoms with Crippen molar-refractivity contribution in [1.82, 2.24) is 15.1 Å². The maximum absolute atomic E-state index is 13.2. The third-order valence-corrected chi connectivity index (χ3v) is 4.12. The lowest BCUT2D eigenvalue weighted by molar-refractivity contribution is 0.0943. The molecule has 3 aromatic rings. The minimum Gasteiger partial charge on any atom is -0.487 e. The number of para-hydroxylation sites is 1. The van der Waals surface area contributed by atoms with Crippen LogP contribution in [0.25, 0.3) is 5.69 Å². The van der Waals surface area contributed by atoms with Crippen molar-refractivity contribution >= 4 is 17.3 Å². The van der Waals surface area contributed by atoms with Crippen molar-refractivity contribution in [3.8, 4) is 11.4 Å². The van der Waals surface area contributed by atoms with E-state index in [4.69, 9.17) is 4.74 Å². The monoisotopic (exact) mass is 406 g/mol. The number of hydrogen-bond donors (Lipinski definition) is 2. The fraction of sp³-hybridized carbons (Fsp3) is 0.261. The van der Waals surface area contributed by atoms with Crippen LogP contribution in [0.3, 0.4) is 0 Å². The van der Waals surface area contributed by atoms with Gasteiger partial charge in [0.1, 0.15) is 0 Å². The number of benzene rings is 2. The molecule has 0 saturated carbocycles. The van der Waals surface area contributed by atoms with Crippen molar-refractivity contribution in [3.05, 3.63) is 76.7 Å². The van der Waals surface area contributed by atoms with Crippen LogP contribution in [0.1, 0.15) is 38.1 Å². The molecular weight excluding hydrogens is 380 g/mol. The van der Waals surface area contributed by atoms with Gasteiger partial charge in [-0.15, -0.1) is 0 Å². The van der Waals surface area contributed by atoms with E-state index in [9.17, 15) is 9.59 Å². The smallest absolute Gasteiger partial charge is 0.299 e. The van der Waals surface area contributed by atoms with Crippen LogP contribution in [0.2, 0.25) is 0 Å². The van der Waals surface area contributed by atoms with Crippen molar-refractivity contribution < 1.29 is 9.53 Å². The van der Waals surface area contributed by atoms with Gasteiger partial charge in [0.05, 0.1) is 18.0 Å². The number of ether oxygens (including phenoxy) is 1. The minimum atomic E-state index is -0.351. The molecule has 0 aliphatic heterocycles. The summed E-state index contributed by atoms with van der Waals surface area (Å²) in [6, 6.07) is 16.2. The molecule has 1 heterocycles. The Morgan fingerprint density at radius 1 is 1.03 bits per heavy atom. The fourth-order valence-electron chi connectivity index (χ4n) is 2.88. The third-order valence-electron chi connectivity index (χ3n) is 4.12. The Hall–Kier alpha value is -3.61. The number of nitrogens with zero attached hydrogens (tertiary/aromatic N) is 2. The molecule has 1 amide bonds. The van der Waals surface area contributed by atoms with E-state index < -0.39 is 0 Å². The number of rotatable bonds is 7. The molecule has 0 atom stereocenters. The number of aromatic nitrogens is 2. The van der Waals surface area contributed by atoms with E-state index in [0.29, 0.717) is 22.7 Å². The zero-order valence-corrected chi connectivity index (χ0v) is 17.5. The quantitative estimate of drug-likeness (QED) is 0.622. The molecule has 0 aliphatic rings. The van der Waals surface area contributed by atoms with Gasteiger partial charge >= 0.3 is 0 Å². The van der Waals surface area contributed by atoms with Crippen molar-refractivity contribution in [2.45, 2.75) is 39.8 Å². The molecule has 0 fully saturated rings. The average Bonchev–Trinajstić information content (AvgIpc) is 2.71. The van der Waals surface area contributed by atoms with E-state index in [-0.39, 0.29) is 29.3 Å². The Morgan fingerprint density at radius 2 is 1.77 bits per heavy atom. The lowest BCUT2D eigenvalue weighted by atomic mass is 10.1. The van der Waals surface area contributed by atoms with E-state index in [1.807, 2.05) is 45.9 Å². The van der Waals surface area contributed by atoms with E-state index in [1.54, 1.807) is 36.4 Å². The lowest BCUT2D eigenvalue weighted by Crippen LogP contribution is -2.30. The number of hydrogen-bond acceptors (Lipinski definition) is 5. The van der Waals surface area contributed by atoms with E-state index >= 15 is 0 Å². The molecule has 2 N–H and O–H groups in total. The normalized spacial score (nSPS) is 10.9. The molecule has 0 unspecified atom stereocenters. The number of carbonyl (C=O) groups is 1. The highest BCUT2D eigenvalue weighted by molar-refractivity contribution is 5.95. The fourth-order valence-corrected chi connectivity index (χ4v) is 2.88. The summed E-state index contributed by atoms with van der Waals surface area (Å²) in [4.78, 5) is 25.6. The van der Waals surface area contributed by atoms with Crippen LogP contribution in [0, 0.1) is 0 Å². The highest BCUT2D eigenvalue weighted by Crippen LogP contribution is 2.25. The Balaban J connectivity index is 2.02. The molecule has 3 rings (SSSR count). The van der Waals surface area contributed by atoms with Gasteiger partial charge in [0.25, 0.3) is 11.5 Å². The second-order valence-corrected chi connectivity index (χ2v) is 7.44. The van der Waals surface area contributed by atoms with E-state index in [1.165, 1.54) is 10.9 Å². The zero-order chi connectivity index (χ0) is 21.7. The van der Waals surface area contributed by atoms with Gasteiger partial charge in [-0.1, -0.05) is 24.3 Å². The van der Waals surface area contributed by atoms with Gasteiger partial charge in [-0.25, -0.2) is 0 Å². The number of anilines is 2. The molecular formula is C23H26N4O3. The number of nitrogens with one attached hydrogen (secondary N) is 2. The van der Waals surface area contributed by atoms with Gasteiger partial charge in [-0.3, -0.25) is 9.59 Å². The van der Waals surface area contributed by atoms with Crippen molar-refractivity contribution in [2.24, 2.45) is 0 Å². The van der Waals surface area contributed by atoms with Crippen LogP contribution in [0.4, 0.5) is 11.4 Å². The predicted molar refractivity (Wildman–Crippen MR) is 118 cm³/mol. The SMILES string of the molecule is CC(C)NC(=O)c1cccc(Nc2c(OC(C)C)cnn(-c3ccccc3)c2=O)c1. The summed E-state index contributed by atoms with van der Waals surface area (Å²) in [5, 5.41) is 10.2. The molecule has 7 nitrogen and oxygen atoms in total. The first-order valence-electron chi connectivity index (χ1n) is 9.87. The van der Waals surface area contributed by atoms with Gasteiger partial charge in [-0.05, 0) is 58.0 Å². The van der Waals surface area contributed by atoms with Crippen molar-refractivity contribution in [1.29, 1.82) is 0 Å². The molecule has 7 heteroatoms. The third kappa shape index (κ3) is 5.05. The molecule has 1 aromatic heterocycles. The van der Waals surface area contributed by atoms with Gasteiger partial charge in [0.15, 0.2) is 11.4 Å². The Morgan fingerprint density at radius 3 is 2.43 bits per heavy atom. The molecule has 0 bridgehead atoms. The standard InChI is InChI=1S/C23H26N4O3/c1-15(2)25-22(28)17-9-8-10-18(13-17)26-21-20(30-16(3)4)14-24-27(23(21)29)19-11-6-5-7-12-19/h5-16,26H,1-4H3,(H,25,28). The first kappa shape index (κ1) is 21.1. The minimum absolute atomic E-state index is 0.0263. The van der Waals surface area contributed by atoms with Crippen LogP contribution in [0.5, 0.6) is 5.75 Å². The highest BCUT2D eigenvalue weighted by atomic mass is 16.5. The maximum atomic E-state index is 13.2.